The zero-order valence-corrected chi connectivity index (χ0v) is 12.0. The van der Waals surface area contributed by atoms with Crippen LogP contribution in [0.25, 0.3) is 0 Å². The molecule has 19 heavy (non-hydrogen) atoms. The van der Waals surface area contributed by atoms with Gasteiger partial charge in [0.2, 0.25) is 5.91 Å². The first kappa shape index (κ1) is 15.4. The van der Waals surface area contributed by atoms with Crippen LogP contribution in [0.1, 0.15) is 29.3 Å². The molecule has 0 fully saturated rings. The molecule has 0 aromatic heterocycles. The Bertz CT molecular complexity index is 605. The summed E-state index contributed by atoms with van der Waals surface area (Å²) in [6.07, 6.45) is 0.991. The predicted molar refractivity (Wildman–Crippen MR) is 74.1 cm³/mol. The van der Waals surface area contributed by atoms with Crippen molar-refractivity contribution in [2.45, 2.75) is 20.3 Å². The van der Waals surface area contributed by atoms with Crippen LogP contribution in [-0.2, 0) is 14.6 Å². The van der Waals surface area contributed by atoms with E-state index in [1.54, 1.807) is 25.1 Å². The van der Waals surface area contributed by atoms with Gasteiger partial charge in [-0.25, -0.2) is 8.42 Å². The Kier molecular flexibility index (Phi) is 4.83. The Labute approximate surface area is 112 Å². The quantitative estimate of drug-likeness (QED) is 0.832. The first-order valence-electron chi connectivity index (χ1n) is 5.78. The fourth-order valence-electron chi connectivity index (χ4n) is 1.47. The minimum absolute atomic E-state index is 0.0911. The van der Waals surface area contributed by atoms with Gasteiger partial charge in [0.15, 0.2) is 5.78 Å². The standard InChI is InChI=1S/C13H17NO4S/c1-9-4-5-11(10(2)15)8-12(9)14-13(16)6-7-19(3,17)18/h4-5,8H,6-7H2,1-3H3,(H,14,16). The van der Waals surface area contributed by atoms with Gasteiger partial charge in [-0.15, -0.1) is 0 Å². The number of benzene rings is 1. The number of sulfone groups is 1. The van der Waals surface area contributed by atoms with Crippen molar-refractivity contribution in [3.63, 3.8) is 0 Å². The van der Waals surface area contributed by atoms with E-state index in [9.17, 15) is 18.0 Å². The van der Waals surface area contributed by atoms with E-state index in [2.05, 4.69) is 5.32 Å². The maximum absolute atomic E-state index is 11.6. The molecular formula is C13H17NO4S. The van der Waals surface area contributed by atoms with E-state index in [4.69, 9.17) is 0 Å². The third-order valence-corrected chi connectivity index (χ3v) is 3.56. The molecule has 0 heterocycles. The Balaban J connectivity index is 2.79. The first-order valence-corrected chi connectivity index (χ1v) is 7.84. The summed E-state index contributed by atoms with van der Waals surface area (Å²) in [6.45, 7) is 3.25. The number of anilines is 1. The highest BCUT2D eigenvalue weighted by Crippen LogP contribution is 2.17. The van der Waals surface area contributed by atoms with E-state index < -0.39 is 9.84 Å². The third-order valence-electron chi connectivity index (χ3n) is 2.62. The molecule has 1 rings (SSSR count). The van der Waals surface area contributed by atoms with Crippen molar-refractivity contribution in [1.82, 2.24) is 0 Å². The average Bonchev–Trinajstić information content (AvgIpc) is 2.28. The van der Waals surface area contributed by atoms with Gasteiger partial charge in [0.25, 0.3) is 0 Å². The molecule has 0 radical (unpaired) electrons. The van der Waals surface area contributed by atoms with E-state index in [1.807, 2.05) is 0 Å². The maximum atomic E-state index is 11.6. The molecule has 0 saturated heterocycles. The van der Waals surface area contributed by atoms with Gasteiger partial charge in [-0.05, 0) is 25.5 Å². The smallest absolute Gasteiger partial charge is 0.225 e. The molecule has 0 aliphatic rings. The fraction of sp³-hybridized carbons (Fsp3) is 0.385. The lowest BCUT2D eigenvalue weighted by molar-refractivity contribution is -0.115. The maximum Gasteiger partial charge on any atom is 0.225 e. The summed E-state index contributed by atoms with van der Waals surface area (Å²) < 4.78 is 21.9. The summed E-state index contributed by atoms with van der Waals surface area (Å²) in [4.78, 5) is 22.9. The van der Waals surface area contributed by atoms with Gasteiger partial charge in [-0.3, -0.25) is 9.59 Å². The molecule has 0 unspecified atom stereocenters. The van der Waals surface area contributed by atoms with Gasteiger partial charge in [-0.2, -0.15) is 0 Å². The van der Waals surface area contributed by atoms with Crippen LogP contribution in [0, 0.1) is 6.92 Å². The van der Waals surface area contributed by atoms with Crippen molar-refractivity contribution in [1.29, 1.82) is 0 Å². The number of carbonyl (C=O) groups is 2. The Morgan fingerprint density at radius 2 is 1.89 bits per heavy atom. The number of hydrogen-bond acceptors (Lipinski definition) is 4. The molecule has 5 nitrogen and oxygen atoms in total. The molecule has 0 saturated carbocycles. The van der Waals surface area contributed by atoms with E-state index in [-0.39, 0.29) is 23.9 Å². The van der Waals surface area contributed by atoms with Crippen molar-refractivity contribution in [2.75, 3.05) is 17.3 Å². The van der Waals surface area contributed by atoms with Crippen LogP contribution in [0.2, 0.25) is 0 Å². The monoisotopic (exact) mass is 283 g/mol. The number of carbonyl (C=O) groups excluding carboxylic acids is 2. The minimum Gasteiger partial charge on any atom is -0.326 e. The average molecular weight is 283 g/mol. The molecule has 1 amide bonds. The minimum atomic E-state index is -3.16. The van der Waals surface area contributed by atoms with Gasteiger partial charge in [0.1, 0.15) is 9.84 Å². The van der Waals surface area contributed by atoms with Gasteiger partial charge in [-0.1, -0.05) is 12.1 Å². The Morgan fingerprint density at radius 3 is 2.42 bits per heavy atom. The van der Waals surface area contributed by atoms with Gasteiger partial charge >= 0.3 is 0 Å². The van der Waals surface area contributed by atoms with Crippen molar-refractivity contribution >= 4 is 27.2 Å². The third kappa shape index (κ3) is 5.21. The lowest BCUT2D eigenvalue weighted by Gasteiger charge is -2.09. The summed E-state index contributed by atoms with van der Waals surface area (Å²) >= 11 is 0. The Morgan fingerprint density at radius 1 is 1.26 bits per heavy atom. The van der Waals surface area contributed by atoms with E-state index in [0.29, 0.717) is 11.3 Å². The second kappa shape index (κ2) is 5.97. The van der Waals surface area contributed by atoms with Crippen molar-refractivity contribution in [3.05, 3.63) is 29.3 Å². The van der Waals surface area contributed by atoms with Crippen LogP contribution in [-0.4, -0.2) is 32.1 Å². The van der Waals surface area contributed by atoms with E-state index in [1.165, 1.54) is 6.92 Å². The molecule has 0 spiro atoms. The number of nitrogens with one attached hydrogen (secondary N) is 1. The molecule has 0 aliphatic carbocycles. The summed E-state index contributed by atoms with van der Waals surface area (Å²) in [5.74, 6) is -0.662. The molecule has 1 aromatic rings. The van der Waals surface area contributed by atoms with Crippen LogP contribution >= 0.6 is 0 Å². The molecule has 104 valence electrons. The summed E-state index contributed by atoms with van der Waals surface area (Å²) in [7, 11) is -3.16. The normalized spacial score (nSPS) is 11.1. The number of Topliss-reactive ketones (excluding diaryl/α,β-unsaturated/α-hetero) is 1. The Hall–Kier alpha value is -1.69. The molecule has 1 aromatic carbocycles. The molecular weight excluding hydrogens is 266 g/mol. The van der Waals surface area contributed by atoms with Crippen LogP contribution < -0.4 is 5.32 Å². The van der Waals surface area contributed by atoms with E-state index in [0.717, 1.165) is 11.8 Å². The molecule has 0 aliphatic heterocycles. The van der Waals surface area contributed by atoms with Crippen LogP contribution in [0.5, 0.6) is 0 Å². The molecule has 1 N–H and O–H groups in total. The van der Waals surface area contributed by atoms with Crippen molar-refractivity contribution in [3.8, 4) is 0 Å². The second-order valence-electron chi connectivity index (χ2n) is 4.51. The van der Waals surface area contributed by atoms with Crippen LogP contribution in [0.3, 0.4) is 0 Å². The van der Waals surface area contributed by atoms with Crippen molar-refractivity contribution in [2.24, 2.45) is 0 Å². The lowest BCUT2D eigenvalue weighted by Crippen LogP contribution is -2.17. The van der Waals surface area contributed by atoms with Crippen molar-refractivity contribution < 1.29 is 18.0 Å². The highest BCUT2D eigenvalue weighted by atomic mass is 32.2. The summed E-state index contributed by atoms with van der Waals surface area (Å²) in [6, 6.07) is 5.02. The molecule has 0 bridgehead atoms. The molecule has 0 atom stereocenters. The highest BCUT2D eigenvalue weighted by Gasteiger charge is 2.10. The fourth-order valence-corrected chi connectivity index (χ4v) is 2.02. The molecule has 6 heteroatoms. The van der Waals surface area contributed by atoms with Gasteiger partial charge in [0.05, 0.1) is 5.75 Å². The SMILES string of the molecule is CC(=O)c1ccc(C)c(NC(=O)CCS(C)(=O)=O)c1. The second-order valence-corrected chi connectivity index (χ2v) is 6.77. The van der Waals surface area contributed by atoms with Crippen LogP contribution in [0.4, 0.5) is 5.69 Å². The predicted octanol–water partition coefficient (Wildman–Crippen LogP) is 1.57. The number of aryl methyl sites for hydroxylation is 1. The highest BCUT2D eigenvalue weighted by molar-refractivity contribution is 7.90. The number of hydrogen-bond donors (Lipinski definition) is 1. The zero-order chi connectivity index (χ0) is 14.6. The summed E-state index contributed by atoms with van der Waals surface area (Å²) in [5.41, 5.74) is 1.85. The van der Waals surface area contributed by atoms with Gasteiger partial charge < -0.3 is 5.32 Å². The first-order chi connectivity index (χ1) is 8.69. The number of rotatable bonds is 5. The number of ketones is 1. The van der Waals surface area contributed by atoms with Crippen LogP contribution in [0.15, 0.2) is 18.2 Å². The lowest BCUT2D eigenvalue weighted by atomic mass is 10.1. The van der Waals surface area contributed by atoms with E-state index >= 15 is 0 Å². The number of amides is 1. The topological polar surface area (TPSA) is 80.3 Å². The summed E-state index contributed by atoms with van der Waals surface area (Å²) in [5, 5.41) is 2.62. The zero-order valence-electron chi connectivity index (χ0n) is 11.2. The van der Waals surface area contributed by atoms with Gasteiger partial charge in [0, 0.05) is 23.9 Å². The largest absolute Gasteiger partial charge is 0.326 e.